The first-order valence-electron chi connectivity index (χ1n) is 13.6. The molecule has 2 saturated heterocycles. The van der Waals surface area contributed by atoms with Crippen molar-refractivity contribution in [3.63, 3.8) is 0 Å². The number of H-pyrrole nitrogens is 1. The number of carbonyl (C=O) groups excluding carboxylic acids is 1. The fraction of sp³-hybridized carbons (Fsp3) is 0.273. The van der Waals surface area contributed by atoms with Gasteiger partial charge in [0, 0.05) is 37.2 Å². The number of nitrogens with zero attached hydrogens (tertiary/aromatic N) is 1. The summed E-state index contributed by atoms with van der Waals surface area (Å²) in [5.41, 5.74) is 6.03. The Morgan fingerprint density at radius 3 is 2.29 bits per heavy atom. The summed E-state index contributed by atoms with van der Waals surface area (Å²) < 4.78 is 0. The highest BCUT2D eigenvalue weighted by Crippen LogP contribution is 2.42. The van der Waals surface area contributed by atoms with Gasteiger partial charge in [0.05, 0.1) is 12.0 Å². The van der Waals surface area contributed by atoms with Crippen molar-refractivity contribution >= 4 is 17.5 Å². The monoisotopic (exact) mass is 522 g/mol. The maximum Gasteiger partial charge on any atom is 0.273 e. The van der Waals surface area contributed by atoms with E-state index < -0.39 is 0 Å². The molecule has 0 spiro atoms. The molecule has 3 heterocycles. The van der Waals surface area contributed by atoms with E-state index in [0.29, 0.717) is 17.6 Å². The molecule has 4 aromatic rings. The van der Waals surface area contributed by atoms with Gasteiger partial charge in [-0.3, -0.25) is 4.79 Å². The summed E-state index contributed by atoms with van der Waals surface area (Å²) in [4.78, 5) is 19.7. The normalized spacial score (nSPS) is 23.3. The van der Waals surface area contributed by atoms with Crippen molar-refractivity contribution < 1.29 is 9.78 Å². The van der Waals surface area contributed by atoms with Gasteiger partial charge in [0.15, 0.2) is 6.20 Å². The quantitative estimate of drug-likeness (QED) is 0.314. The molecule has 5 heteroatoms. The van der Waals surface area contributed by atoms with Crippen molar-refractivity contribution in [1.82, 2.24) is 10.2 Å². The summed E-state index contributed by atoms with van der Waals surface area (Å²) in [7, 11) is 0. The number of hydrogen-bond donors (Lipinski definition) is 1. The maximum absolute atomic E-state index is 14.4. The van der Waals surface area contributed by atoms with E-state index in [1.54, 1.807) is 0 Å². The van der Waals surface area contributed by atoms with E-state index in [1.807, 2.05) is 18.3 Å². The minimum absolute atomic E-state index is 0.0741. The van der Waals surface area contributed by atoms with Gasteiger partial charge >= 0.3 is 0 Å². The third kappa shape index (κ3) is 4.99. The van der Waals surface area contributed by atoms with Gasteiger partial charge < -0.3 is 10.2 Å². The zero-order chi connectivity index (χ0) is 25.9. The van der Waals surface area contributed by atoms with Gasteiger partial charge in [-0.05, 0) is 58.7 Å². The van der Waals surface area contributed by atoms with Gasteiger partial charge in [-0.2, -0.15) is 0 Å². The Bertz CT molecular complexity index is 1380. The van der Waals surface area contributed by atoms with Crippen molar-refractivity contribution in [2.75, 3.05) is 19.6 Å². The first-order valence-corrected chi connectivity index (χ1v) is 13.9. The van der Waals surface area contributed by atoms with Crippen LogP contribution in [0.3, 0.4) is 0 Å². The van der Waals surface area contributed by atoms with Crippen LogP contribution in [0.5, 0.6) is 0 Å². The van der Waals surface area contributed by atoms with E-state index in [4.69, 9.17) is 11.6 Å². The molecule has 3 aromatic carbocycles. The van der Waals surface area contributed by atoms with Crippen LogP contribution >= 0.6 is 11.6 Å². The van der Waals surface area contributed by atoms with Crippen LogP contribution in [-0.2, 0) is 4.79 Å². The number of halogens is 1. The Hall–Kier alpha value is -3.47. The maximum atomic E-state index is 14.4. The number of aromatic nitrogens is 1. The fourth-order valence-electron chi connectivity index (χ4n) is 6.38. The minimum Gasteiger partial charge on any atom is -0.335 e. The molecule has 2 aliphatic rings. The lowest BCUT2D eigenvalue weighted by Gasteiger charge is -2.42. The lowest BCUT2D eigenvalue weighted by atomic mass is 9.80. The summed E-state index contributed by atoms with van der Waals surface area (Å²) >= 11 is 6.11. The topological polar surface area (TPSA) is 46.5 Å². The Kier molecular flexibility index (Phi) is 7.26. The van der Waals surface area contributed by atoms with Gasteiger partial charge in [0.25, 0.3) is 5.15 Å². The van der Waals surface area contributed by atoms with Crippen LogP contribution in [0, 0.1) is 5.92 Å². The molecule has 4 nitrogen and oxygen atoms in total. The standard InChI is InChI=1S/C33H32ClN3O/c34-32-16-15-26(20-36-32)27-13-7-8-14-28(27)29-21-35-22-30(29)33(38)37-18-17-25(23-9-3-1-4-10-23)19-31(37)24-11-5-2-6-12-24/h1-16,20,25,29-31,35H,17-19,21-22H2/p+1/t25-,29-,30+,31+/m0/s1. The molecule has 192 valence electrons. The highest BCUT2D eigenvalue weighted by atomic mass is 35.5. The number of amides is 1. The number of pyridine rings is 1. The largest absolute Gasteiger partial charge is 0.335 e. The molecule has 0 saturated carbocycles. The summed E-state index contributed by atoms with van der Waals surface area (Å²) in [6.07, 6.45) is 3.88. The van der Waals surface area contributed by atoms with Gasteiger partial charge in [0.2, 0.25) is 5.91 Å². The molecule has 2 aliphatic heterocycles. The summed E-state index contributed by atoms with van der Waals surface area (Å²) in [5, 5.41) is 4.15. The van der Waals surface area contributed by atoms with Crippen LogP contribution in [0.25, 0.3) is 11.1 Å². The molecule has 38 heavy (non-hydrogen) atoms. The van der Waals surface area contributed by atoms with E-state index in [9.17, 15) is 4.79 Å². The first kappa shape index (κ1) is 24.8. The second-order valence-electron chi connectivity index (χ2n) is 10.5. The van der Waals surface area contributed by atoms with Crippen LogP contribution < -0.4 is 10.3 Å². The van der Waals surface area contributed by atoms with E-state index in [0.717, 1.165) is 37.1 Å². The Morgan fingerprint density at radius 1 is 0.842 bits per heavy atom. The lowest BCUT2D eigenvalue weighted by Crippen LogP contribution is -2.45. The van der Waals surface area contributed by atoms with Crippen molar-refractivity contribution in [1.29, 1.82) is 0 Å². The Balaban J connectivity index is 1.30. The number of aromatic amines is 1. The molecule has 2 fully saturated rings. The zero-order valence-corrected chi connectivity index (χ0v) is 22.1. The third-order valence-electron chi connectivity index (χ3n) is 8.32. The third-order valence-corrected chi connectivity index (χ3v) is 8.55. The van der Waals surface area contributed by atoms with E-state index in [-0.39, 0.29) is 23.8 Å². The van der Waals surface area contributed by atoms with E-state index in [2.05, 4.69) is 100 Å². The number of carbonyl (C=O) groups is 1. The van der Waals surface area contributed by atoms with Crippen LogP contribution in [0.15, 0.2) is 103 Å². The van der Waals surface area contributed by atoms with E-state index in [1.165, 1.54) is 16.7 Å². The average Bonchev–Trinajstić information content (AvgIpc) is 3.48. The van der Waals surface area contributed by atoms with Crippen LogP contribution in [0.1, 0.15) is 47.4 Å². The molecule has 0 unspecified atom stereocenters. The average molecular weight is 523 g/mol. The van der Waals surface area contributed by atoms with Gasteiger partial charge in [-0.15, -0.1) is 0 Å². The van der Waals surface area contributed by atoms with Gasteiger partial charge in [0.1, 0.15) is 0 Å². The van der Waals surface area contributed by atoms with Crippen LogP contribution in [-0.4, -0.2) is 30.4 Å². The fourth-order valence-corrected chi connectivity index (χ4v) is 6.50. The highest BCUT2D eigenvalue weighted by molar-refractivity contribution is 6.28. The summed E-state index contributed by atoms with van der Waals surface area (Å²) in [5.74, 6) is 0.715. The predicted molar refractivity (Wildman–Crippen MR) is 152 cm³/mol. The summed E-state index contributed by atoms with van der Waals surface area (Å²) in [6.45, 7) is 2.26. The van der Waals surface area contributed by atoms with Gasteiger partial charge in [-0.1, -0.05) is 84.9 Å². The SMILES string of the molecule is O=C([C@@H]1CNC[C@H]1c1ccccc1-c1ccc(Cl)[nH+]c1)N1CC[C@H](c2ccccc2)C[C@@H]1c1ccccc1. The molecule has 0 bridgehead atoms. The molecular weight excluding hydrogens is 490 g/mol. The number of benzene rings is 3. The molecule has 4 atom stereocenters. The molecule has 6 rings (SSSR count). The number of rotatable bonds is 5. The minimum atomic E-state index is -0.105. The van der Waals surface area contributed by atoms with Crippen LogP contribution in [0.2, 0.25) is 5.15 Å². The van der Waals surface area contributed by atoms with Crippen molar-refractivity contribution in [3.05, 3.63) is 125 Å². The molecule has 1 aromatic heterocycles. The number of likely N-dealkylation sites (tertiary alicyclic amines) is 1. The molecule has 0 aliphatic carbocycles. The van der Waals surface area contributed by atoms with Gasteiger partial charge in [-0.25, -0.2) is 4.98 Å². The lowest BCUT2D eigenvalue weighted by molar-refractivity contribution is -0.374. The highest BCUT2D eigenvalue weighted by Gasteiger charge is 2.41. The molecular formula is C33H33ClN3O+. The van der Waals surface area contributed by atoms with Crippen LogP contribution in [0.4, 0.5) is 0 Å². The summed E-state index contributed by atoms with van der Waals surface area (Å²) in [6, 6.07) is 33.8. The smallest absolute Gasteiger partial charge is 0.273 e. The molecule has 0 radical (unpaired) electrons. The molecule has 1 amide bonds. The number of piperidine rings is 1. The second kappa shape index (κ2) is 11.1. The zero-order valence-electron chi connectivity index (χ0n) is 21.4. The number of nitrogens with one attached hydrogen (secondary N) is 2. The van der Waals surface area contributed by atoms with E-state index >= 15 is 0 Å². The Morgan fingerprint density at radius 2 is 1.55 bits per heavy atom. The van der Waals surface area contributed by atoms with Crippen molar-refractivity contribution in [2.45, 2.75) is 30.7 Å². The van der Waals surface area contributed by atoms with Crippen molar-refractivity contribution in [2.24, 2.45) is 5.92 Å². The Labute approximate surface area is 229 Å². The first-order chi connectivity index (χ1) is 18.7. The second-order valence-corrected chi connectivity index (χ2v) is 10.9. The van der Waals surface area contributed by atoms with Crippen molar-refractivity contribution in [3.8, 4) is 11.1 Å². The predicted octanol–water partition coefficient (Wildman–Crippen LogP) is 6.27. The molecule has 2 N–H and O–H groups in total. The number of hydrogen-bond acceptors (Lipinski definition) is 2.